The highest BCUT2D eigenvalue weighted by Crippen LogP contribution is 2.27. The fourth-order valence-corrected chi connectivity index (χ4v) is 4.03. The third-order valence-corrected chi connectivity index (χ3v) is 5.47. The molecule has 120 valence electrons. The molecule has 0 unspecified atom stereocenters. The minimum absolute atomic E-state index is 0.130. The van der Waals surface area contributed by atoms with E-state index >= 15 is 0 Å². The molecular formula is C13H14N6OS3. The summed E-state index contributed by atoms with van der Waals surface area (Å²) in [6.45, 7) is 4.63. The summed E-state index contributed by atoms with van der Waals surface area (Å²) in [5.41, 5.74) is 0. The monoisotopic (exact) mass is 366 g/mol. The van der Waals surface area contributed by atoms with Gasteiger partial charge >= 0.3 is 0 Å². The maximum Gasteiger partial charge on any atom is 0.236 e. The average Bonchev–Trinajstić information content (AvgIpc) is 3.24. The number of thioether (sulfide) groups is 1. The SMILES string of the molecule is CCn1c(SCC(=O)Nc2nnc(C)s2)nnc1-c1cccs1. The summed E-state index contributed by atoms with van der Waals surface area (Å²) in [6.07, 6.45) is 0. The highest BCUT2D eigenvalue weighted by molar-refractivity contribution is 7.99. The van der Waals surface area contributed by atoms with Crippen LogP contribution in [0.3, 0.4) is 0 Å². The van der Waals surface area contributed by atoms with Crippen LogP contribution in [0.4, 0.5) is 5.13 Å². The molecule has 3 aromatic heterocycles. The Kier molecular flexibility index (Phi) is 5.03. The Morgan fingerprint density at radius 1 is 1.35 bits per heavy atom. The second kappa shape index (κ2) is 7.20. The Hall–Kier alpha value is -1.78. The zero-order chi connectivity index (χ0) is 16.2. The number of thiophene rings is 1. The van der Waals surface area contributed by atoms with Crippen molar-refractivity contribution < 1.29 is 4.79 Å². The van der Waals surface area contributed by atoms with Crippen LogP contribution in [0.5, 0.6) is 0 Å². The van der Waals surface area contributed by atoms with Crippen LogP contribution in [-0.2, 0) is 11.3 Å². The number of rotatable bonds is 6. The van der Waals surface area contributed by atoms with Gasteiger partial charge in [-0.25, -0.2) is 0 Å². The molecule has 0 aliphatic carbocycles. The van der Waals surface area contributed by atoms with Crippen molar-refractivity contribution in [3.63, 3.8) is 0 Å². The summed E-state index contributed by atoms with van der Waals surface area (Å²) >= 11 is 4.34. The summed E-state index contributed by atoms with van der Waals surface area (Å²) in [4.78, 5) is 13.1. The fraction of sp³-hybridized carbons (Fsp3) is 0.308. The lowest BCUT2D eigenvalue weighted by Crippen LogP contribution is -2.14. The van der Waals surface area contributed by atoms with E-state index in [-0.39, 0.29) is 11.7 Å². The predicted molar refractivity (Wildman–Crippen MR) is 93.0 cm³/mol. The molecule has 0 fully saturated rings. The molecule has 0 radical (unpaired) electrons. The van der Waals surface area contributed by atoms with Crippen LogP contribution < -0.4 is 5.32 Å². The molecule has 3 rings (SSSR count). The normalized spacial score (nSPS) is 10.9. The van der Waals surface area contributed by atoms with E-state index in [9.17, 15) is 4.79 Å². The van der Waals surface area contributed by atoms with E-state index in [0.29, 0.717) is 5.13 Å². The first-order chi connectivity index (χ1) is 11.2. The number of carbonyl (C=O) groups excluding carboxylic acids is 1. The molecule has 10 heteroatoms. The van der Waals surface area contributed by atoms with Crippen LogP contribution >= 0.6 is 34.4 Å². The summed E-state index contributed by atoms with van der Waals surface area (Å²) < 4.78 is 2.01. The van der Waals surface area contributed by atoms with Gasteiger partial charge in [0, 0.05) is 6.54 Å². The average molecular weight is 366 g/mol. The van der Waals surface area contributed by atoms with E-state index in [1.165, 1.54) is 23.1 Å². The molecule has 3 aromatic rings. The second-order valence-corrected chi connectivity index (χ2v) is 7.56. The van der Waals surface area contributed by atoms with E-state index < -0.39 is 0 Å². The van der Waals surface area contributed by atoms with Crippen molar-refractivity contribution in [3.05, 3.63) is 22.5 Å². The van der Waals surface area contributed by atoms with Crippen LogP contribution in [-0.4, -0.2) is 36.6 Å². The number of carbonyl (C=O) groups is 1. The maximum atomic E-state index is 12.0. The van der Waals surface area contributed by atoms with Crippen molar-refractivity contribution in [2.45, 2.75) is 25.5 Å². The lowest BCUT2D eigenvalue weighted by molar-refractivity contribution is -0.113. The van der Waals surface area contributed by atoms with E-state index in [0.717, 1.165) is 27.4 Å². The first-order valence-electron chi connectivity index (χ1n) is 6.87. The van der Waals surface area contributed by atoms with Crippen LogP contribution in [0.1, 0.15) is 11.9 Å². The minimum Gasteiger partial charge on any atom is -0.302 e. The Bertz CT molecular complexity index is 795. The summed E-state index contributed by atoms with van der Waals surface area (Å²) in [5, 5.41) is 23.0. The van der Waals surface area contributed by atoms with Gasteiger partial charge in [0.25, 0.3) is 0 Å². The smallest absolute Gasteiger partial charge is 0.236 e. The third-order valence-electron chi connectivity index (χ3n) is 2.88. The van der Waals surface area contributed by atoms with Gasteiger partial charge in [-0.3, -0.25) is 10.1 Å². The Balaban J connectivity index is 1.65. The number of aromatic nitrogens is 5. The molecule has 0 atom stereocenters. The van der Waals surface area contributed by atoms with E-state index in [2.05, 4.69) is 25.7 Å². The van der Waals surface area contributed by atoms with Gasteiger partial charge in [0.15, 0.2) is 11.0 Å². The Morgan fingerprint density at radius 2 is 2.22 bits per heavy atom. The zero-order valence-corrected chi connectivity index (χ0v) is 15.0. The molecule has 0 aromatic carbocycles. The minimum atomic E-state index is -0.130. The number of amides is 1. The van der Waals surface area contributed by atoms with E-state index in [1.807, 2.05) is 35.9 Å². The highest BCUT2D eigenvalue weighted by Gasteiger charge is 2.15. The van der Waals surface area contributed by atoms with Crippen LogP contribution in [0, 0.1) is 6.92 Å². The number of aryl methyl sites for hydroxylation is 1. The number of nitrogens with zero attached hydrogens (tertiary/aromatic N) is 5. The van der Waals surface area contributed by atoms with Gasteiger partial charge in [-0.2, -0.15) is 0 Å². The Morgan fingerprint density at radius 3 is 2.87 bits per heavy atom. The van der Waals surface area contributed by atoms with Crippen molar-refractivity contribution in [2.24, 2.45) is 0 Å². The summed E-state index contributed by atoms with van der Waals surface area (Å²) in [7, 11) is 0. The summed E-state index contributed by atoms with van der Waals surface area (Å²) in [5.74, 6) is 0.959. The molecule has 0 aliphatic rings. The molecule has 0 aliphatic heterocycles. The van der Waals surface area contributed by atoms with Crippen LogP contribution in [0.25, 0.3) is 10.7 Å². The number of hydrogen-bond donors (Lipinski definition) is 1. The van der Waals surface area contributed by atoms with Crippen molar-refractivity contribution in [2.75, 3.05) is 11.1 Å². The highest BCUT2D eigenvalue weighted by atomic mass is 32.2. The van der Waals surface area contributed by atoms with Gasteiger partial charge in [0.05, 0.1) is 10.6 Å². The molecule has 7 nitrogen and oxygen atoms in total. The molecule has 0 spiro atoms. The summed E-state index contributed by atoms with van der Waals surface area (Å²) in [6, 6.07) is 4.00. The van der Waals surface area contributed by atoms with E-state index in [4.69, 9.17) is 0 Å². The van der Waals surface area contributed by atoms with Gasteiger partial charge in [-0.1, -0.05) is 29.2 Å². The molecular weight excluding hydrogens is 352 g/mol. The molecule has 1 N–H and O–H groups in total. The molecule has 0 bridgehead atoms. The number of hydrogen-bond acceptors (Lipinski definition) is 8. The first kappa shape index (κ1) is 16.1. The Labute approximate surface area is 145 Å². The van der Waals surface area contributed by atoms with Gasteiger partial charge in [-0.15, -0.1) is 31.7 Å². The molecule has 1 amide bonds. The fourth-order valence-electron chi connectivity index (χ4n) is 1.90. The van der Waals surface area contributed by atoms with Gasteiger partial charge < -0.3 is 4.57 Å². The quantitative estimate of drug-likeness (QED) is 0.675. The van der Waals surface area contributed by atoms with Crippen LogP contribution in [0.15, 0.2) is 22.7 Å². The van der Waals surface area contributed by atoms with Gasteiger partial charge in [0.2, 0.25) is 11.0 Å². The molecule has 23 heavy (non-hydrogen) atoms. The number of anilines is 1. The third kappa shape index (κ3) is 3.77. The molecule has 0 saturated carbocycles. The molecule has 0 saturated heterocycles. The van der Waals surface area contributed by atoms with Gasteiger partial charge in [0.1, 0.15) is 5.01 Å². The zero-order valence-electron chi connectivity index (χ0n) is 12.5. The lowest BCUT2D eigenvalue weighted by atomic mass is 10.4. The first-order valence-corrected chi connectivity index (χ1v) is 9.55. The largest absolute Gasteiger partial charge is 0.302 e. The number of nitrogens with one attached hydrogen (secondary N) is 1. The van der Waals surface area contributed by atoms with Crippen molar-refractivity contribution in [1.29, 1.82) is 0 Å². The van der Waals surface area contributed by atoms with Gasteiger partial charge in [-0.05, 0) is 25.3 Å². The van der Waals surface area contributed by atoms with Crippen molar-refractivity contribution in [1.82, 2.24) is 25.0 Å². The predicted octanol–water partition coefficient (Wildman–Crippen LogP) is 2.92. The standard InChI is InChI=1S/C13H14N6OS3/c1-3-19-11(9-5-4-6-21-9)16-18-13(19)22-7-10(20)14-12-17-15-8(2)23-12/h4-6H,3,7H2,1-2H3,(H,14,17,20). The van der Waals surface area contributed by atoms with Crippen molar-refractivity contribution in [3.8, 4) is 10.7 Å². The van der Waals surface area contributed by atoms with Crippen LogP contribution in [0.2, 0.25) is 0 Å². The van der Waals surface area contributed by atoms with Crippen molar-refractivity contribution >= 4 is 45.5 Å². The maximum absolute atomic E-state index is 12.0. The molecule has 3 heterocycles. The van der Waals surface area contributed by atoms with E-state index in [1.54, 1.807) is 11.3 Å². The topological polar surface area (TPSA) is 85.6 Å². The lowest BCUT2D eigenvalue weighted by Gasteiger charge is -2.05. The second-order valence-electron chi connectivity index (χ2n) is 4.49.